The molecule has 0 aromatic heterocycles. The van der Waals surface area contributed by atoms with Crippen LogP contribution in [0.4, 0.5) is 0 Å². The molecule has 3 nitrogen and oxygen atoms in total. The fraction of sp³-hybridized carbons (Fsp3) is 0.636. The van der Waals surface area contributed by atoms with Crippen molar-refractivity contribution in [3.63, 3.8) is 0 Å². The number of ketones is 1. The molecule has 0 saturated carbocycles. The Hall–Kier alpha value is -1.12. The highest BCUT2D eigenvalue weighted by Gasteiger charge is 2.15. The van der Waals surface area contributed by atoms with Crippen molar-refractivity contribution in [1.29, 1.82) is 0 Å². The van der Waals surface area contributed by atoms with Crippen molar-refractivity contribution < 1.29 is 14.3 Å². The SMILES string of the molecule is C=CC(=O)OCC(CCCC)C(C)=O. The van der Waals surface area contributed by atoms with Crippen LogP contribution in [0.5, 0.6) is 0 Å². The van der Waals surface area contributed by atoms with E-state index in [4.69, 9.17) is 4.74 Å². The molecule has 14 heavy (non-hydrogen) atoms. The molecule has 80 valence electrons. The van der Waals surface area contributed by atoms with Crippen LogP contribution in [0, 0.1) is 5.92 Å². The van der Waals surface area contributed by atoms with E-state index in [2.05, 4.69) is 13.5 Å². The Labute approximate surface area is 85.1 Å². The number of rotatable bonds is 7. The molecule has 0 aromatic carbocycles. The zero-order valence-corrected chi connectivity index (χ0v) is 8.91. The van der Waals surface area contributed by atoms with Gasteiger partial charge in [-0.25, -0.2) is 4.79 Å². The molecule has 1 unspecified atom stereocenters. The summed E-state index contributed by atoms with van der Waals surface area (Å²) >= 11 is 0. The molecule has 0 aliphatic rings. The van der Waals surface area contributed by atoms with Gasteiger partial charge in [-0.3, -0.25) is 4.79 Å². The Bertz CT molecular complexity index is 209. The summed E-state index contributed by atoms with van der Waals surface area (Å²) < 4.78 is 4.83. The fourth-order valence-corrected chi connectivity index (χ4v) is 1.10. The van der Waals surface area contributed by atoms with Gasteiger partial charge in [-0.2, -0.15) is 0 Å². The lowest BCUT2D eigenvalue weighted by Gasteiger charge is -2.12. The van der Waals surface area contributed by atoms with E-state index >= 15 is 0 Å². The van der Waals surface area contributed by atoms with E-state index in [9.17, 15) is 9.59 Å². The standard InChI is InChI=1S/C11H18O3/c1-4-6-7-10(9(3)12)8-14-11(13)5-2/h5,10H,2,4,6-8H2,1,3H3. The van der Waals surface area contributed by atoms with Gasteiger partial charge in [0.2, 0.25) is 0 Å². The third-order valence-corrected chi connectivity index (χ3v) is 2.07. The van der Waals surface area contributed by atoms with Gasteiger partial charge in [0, 0.05) is 6.08 Å². The molecule has 0 saturated heterocycles. The van der Waals surface area contributed by atoms with Crippen LogP contribution in [-0.2, 0) is 14.3 Å². The van der Waals surface area contributed by atoms with E-state index in [1.165, 1.54) is 6.92 Å². The highest BCUT2D eigenvalue weighted by atomic mass is 16.5. The van der Waals surface area contributed by atoms with E-state index in [-0.39, 0.29) is 18.3 Å². The predicted molar refractivity (Wildman–Crippen MR) is 54.9 cm³/mol. The van der Waals surface area contributed by atoms with Gasteiger partial charge < -0.3 is 4.74 Å². The Morgan fingerprint density at radius 3 is 2.57 bits per heavy atom. The average Bonchev–Trinajstić information content (AvgIpc) is 2.16. The first kappa shape index (κ1) is 12.9. The lowest BCUT2D eigenvalue weighted by atomic mass is 9.99. The van der Waals surface area contributed by atoms with Crippen LogP contribution in [0.15, 0.2) is 12.7 Å². The van der Waals surface area contributed by atoms with Crippen LogP contribution in [0.2, 0.25) is 0 Å². The van der Waals surface area contributed by atoms with Gasteiger partial charge in [0.25, 0.3) is 0 Å². The van der Waals surface area contributed by atoms with Crippen molar-refractivity contribution in [2.75, 3.05) is 6.61 Å². The van der Waals surface area contributed by atoms with Gasteiger partial charge in [-0.05, 0) is 13.3 Å². The number of carbonyl (C=O) groups excluding carboxylic acids is 2. The molecule has 0 rings (SSSR count). The molecule has 0 aromatic rings. The molecule has 0 bridgehead atoms. The van der Waals surface area contributed by atoms with Gasteiger partial charge in [0.15, 0.2) is 0 Å². The molecule has 0 spiro atoms. The van der Waals surface area contributed by atoms with Gasteiger partial charge in [0.1, 0.15) is 12.4 Å². The smallest absolute Gasteiger partial charge is 0.330 e. The Balaban J connectivity index is 3.90. The third-order valence-electron chi connectivity index (χ3n) is 2.07. The second kappa shape index (κ2) is 7.30. The normalized spacial score (nSPS) is 11.9. The number of hydrogen-bond donors (Lipinski definition) is 0. The summed E-state index contributed by atoms with van der Waals surface area (Å²) in [6.45, 7) is 7.06. The van der Waals surface area contributed by atoms with E-state index in [0.29, 0.717) is 0 Å². The van der Waals surface area contributed by atoms with E-state index in [0.717, 1.165) is 25.3 Å². The molecule has 0 aliphatic carbocycles. The monoisotopic (exact) mass is 198 g/mol. The molecule has 0 heterocycles. The number of Topliss-reactive ketones (excluding diaryl/α,β-unsaturated/α-hetero) is 1. The summed E-state index contributed by atoms with van der Waals surface area (Å²) in [4.78, 5) is 21.9. The summed E-state index contributed by atoms with van der Waals surface area (Å²) in [6.07, 6.45) is 3.92. The molecule has 0 fully saturated rings. The molecule has 0 aliphatic heterocycles. The lowest BCUT2D eigenvalue weighted by Crippen LogP contribution is -2.19. The average molecular weight is 198 g/mol. The molecule has 3 heteroatoms. The van der Waals surface area contributed by atoms with E-state index in [1.807, 2.05) is 0 Å². The highest BCUT2D eigenvalue weighted by Crippen LogP contribution is 2.10. The summed E-state index contributed by atoms with van der Waals surface area (Å²) in [5.74, 6) is -0.540. The van der Waals surface area contributed by atoms with E-state index in [1.54, 1.807) is 0 Å². The minimum Gasteiger partial charge on any atom is -0.462 e. The summed E-state index contributed by atoms with van der Waals surface area (Å²) in [5.41, 5.74) is 0. The molecule has 0 amide bonds. The maximum Gasteiger partial charge on any atom is 0.330 e. The second-order valence-electron chi connectivity index (χ2n) is 3.28. The van der Waals surface area contributed by atoms with Crippen LogP contribution < -0.4 is 0 Å². The zero-order chi connectivity index (χ0) is 11.0. The molecular formula is C11H18O3. The maximum absolute atomic E-state index is 11.1. The van der Waals surface area contributed by atoms with Crippen molar-refractivity contribution in [3.05, 3.63) is 12.7 Å². The van der Waals surface area contributed by atoms with Crippen LogP contribution >= 0.6 is 0 Å². The van der Waals surface area contributed by atoms with Crippen molar-refractivity contribution in [3.8, 4) is 0 Å². The number of hydrogen-bond acceptors (Lipinski definition) is 3. The summed E-state index contributed by atoms with van der Waals surface area (Å²) in [7, 11) is 0. The van der Waals surface area contributed by atoms with Gasteiger partial charge >= 0.3 is 5.97 Å². The zero-order valence-electron chi connectivity index (χ0n) is 8.91. The second-order valence-corrected chi connectivity index (χ2v) is 3.28. The van der Waals surface area contributed by atoms with Crippen LogP contribution in [0.25, 0.3) is 0 Å². The minimum absolute atomic E-state index is 0.0790. The quantitative estimate of drug-likeness (QED) is 0.465. The molecule has 1 atom stereocenters. The largest absolute Gasteiger partial charge is 0.462 e. The van der Waals surface area contributed by atoms with Crippen molar-refractivity contribution in [2.45, 2.75) is 33.1 Å². The Morgan fingerprint density at radius 2 is 2.14 bits per heavy atom. The van der Waals surface area contributed by atoms with Crippen LogP contribution in [-0.4, -0.2) is 18.4 Å². The van der Waals surface area contributed by atoms with Gasteiger partial charge in [0.05, 0.1) is 5.92 Å². The molecular weight excluding hydrogens is 180 g/mol. The number of unbranched alkanes of at least 4 members (excludes halogenated alkanes) is 1. The van der Waals surface area contributed by atoms with Gasteiger partial charge in [-0.15, -0.1) is 0 Å². The van der Waals surface area contributed by atoms with Crippen molar-refractivity contribution in [1.82, 2.24) is 0 Å². The third kappa shape index (κ3) is 5.51. The first-order valence-corrected chi connectivity index (χ1v) is 4.91. The minimum atomic E-state index is -0.465. The van der Waals surface area contributed by atoms with Crippen LogP contribution in [0.1, 0.15) is 33.1 Å². The Morgan fingerprint density at radius 1 is 1.50 bits per heavy atom. The van der Waals surface area contributed by atoms with Crippen molar-refractivity contribution in [2.24, 2.45) is 5.92 Å². The number of esters is 1. The topological polar surface area (TPSA) is 43.4 Å². The summed E-state index contributed by atoms with van der Waals surface area (Å²) in [6, 6.07) is 0. The van der Waals surface area contributed by atoms with Crippen LogP contribution in [0.3, 0.4) is 0 Å². The predicted octanol–water partition coefficient (Wildman–Crippen LogP) is 2.11. The first-order valence-electron chi connectivity index (χ1n) is 4.91. The van der Waals surface area contributed by atoms with Crippen molar-refractivity contribution >= 4 is 11.8 Å². The molecule has 0 radical (unpaired) electrons. The van der Waals surface area contributed by atoms with Gasteiger partial charge in [-0.1, -0.05) is 26.3 Å². The summed E-state index contributed by atoms with van der Waals surface area (Å²) in [5, 5.41) is 0. The lowest BCUT2D eigenvalue weighted by molar-refractivity contribution is -0.140. The maximum atomic E-state index is 11.1. The first-order chi connectivity index (χ1) is 6.61. The highest BCUT2D eigenvalue weighted by molar-refractivity contribution is 5.82. The molecule has 0 N–H and O–H groups in total. The fourth-order valence-electron chi connectivity index (χ4n) is 1.10. The van der Waals surface area contributed by atoms with E-state index < -0.39 is 5.97 Å². The Kier molecular flexibility index (Phi) is 6.72. The number of ether oxygens (including phenoxy) is 1. The number of carbonyl (C=O) groups is 2.